The Labute approximate surface area is 178 Å². The average Bonchev–Trinajstić information content (AvgIpc) is 3.01. The lowest BCUT2D eigenvalue weighted by Crippen LogP contribution is -2.53. The fourth-order valence-corrected chi connectivity index (χ4v) is 9.37. The first-order chi connectivity index (χ1) is 13.7. The smallest absolute Gasteiger partial charge is 0.264 e. The molecule has 0 aromatic carbocycles. The van der Waals surface area contributed by atoms with Gasteiger partial charge in [-0.1, -0.05) is 33.6 Å². The molecule has 0 bridgehead atoms. The van der Waals surface area contributed by atoms with Gasteiger partial charge in [0.1, 0.15) is 0 Å². The number of hydrogen-bond donors (Lipinski definition) is 1. The molecule has 4 aliphatic carbocycles. The molecular formula is C24H42O4S. The summed E-state index contributed by atoms with van der Waals surface area (Å²) in [7, 11) is -4.30. The van der Waals surface area contributed by atoms with Gasteiger partial charge in [0.2, 0.25) is 0 Å². The zero-order valence-electron chi connectivity index (χ0n) is 18.7. The summed E-state index contributed by atoms with van der Waals surface area (Å²) in [4.78, 5) is 0. The van der Waals surface area contributed by atoms with Gasteiger partial charge in [0, 0.05) is 0 Å². The van der Waals surface area contributed by atoms with E-state index in [2.05, 4.69) is 25.0 Å². The first-order valence-electron chi connectivity index (χ1n) is 12.3. The Bertz CT molecular complexity index is 691. The summed E-state index contributed by atoms with van der Waals surface area (Å²) in [5.41, 5.74) is 1.07. The molecule has 0 aromatic heterocycles. The van der Waals surface area contributed by atoms with Gasteiger partial charge < -0.3 is 0 Å². The molecule has 0 amide bonds. The van der Waals surface area contributed by atoms with Gasteiger partial charge in [-0.25, -0.2) is 4.18 Å². The van der Waals surface area contributed by atoms with E-state index in [1.165, 1.54) is 64.2 Å². The Morgan fingerprint density at radius 3 is 2.48 bits per heavy atom. The third-order valence-corrected chi connectivity index (χ3v) is 10.8. The summed E-state index contributed by atoms with van der Waals surface area (Å²) >= 11 is 0. The van der Waals surface area contributed by atoms with Crippen LogP contribution in [-0.2, 0) is 14.6 Å². The highest BCUT2D eigenvalue weighted by Crippen LogP contribution is 2.68. The van der Waals surface area contributed by atoms with Crippen molar-refractivity contribution >= 4 is 10.4 Å². The van der Waals surface area contributed by atoms with Crippen LogP contribution < -0.4 is 0 Å². The van der Waals surface area contributed by atoms with Crippen LogP contribution in [0.5, 0.6) is 0 Å². The Morgan fingerprint density at radius 1 is 0.966 bits per heavy atom. The van der Waals surface area contributed by atoms with Gasteiger partial charge in [-0.05, 0) is 111 Å². The SMILES string of the molecule is C[C@H](CCCOS(=O)(=O)O)[C@H]1CC[C@H]2[C@@H]3CC[C@H]4CCCC[C@]4(C)[C@H]3CC[C@]12C. The van der Waals surface area contributed by atoms with Crippen LogP contribution in [0.15, 0.2) is 0 Å². The lowest BCUT2D eigenvalue weighted by molar-refractivity contribution is -0.114. The van der Waals surface area contributed by atoms with Crippen molar-refractivity contribution in [1.29, 1.82) is 0 Å². The van der Waals surface area contributed by atoms with Crippen LogP contribution >= 0.6 is 0 Å². The topological polar surface area (TPSA) is 63.6 Å². The van der Waals surface area contributed by atoms with Gasteiger partial charge in [-0.3, -0.25) is 4.55 Å². The monoisotopic (exact) mass is 426 g/mol. The maximum absolute atomic E-state index is 10.8. The van der Waals surface area contributed by atoms with Crippen LogP contribution in [0.2, 0.25) is 0 Å². The zero-order chi connectivity index (χ0) is 20.9. The summed E-state index contributed by atoms with van der Waals surface area (Å²) in [6.45, 7) is 7.70. The summed E-state index contributed by atoms with van der Waals surface area (Å²) in [5.74, 6) is 5.11. The molecule has 0 saturated heterocycles. The second-order valence-electron chi connectivity index (χ2n) is 11.5. The van der Waals surface area contributed by atoms with Crippen molar-refractivity contribution in [3.8, 4) is 0 Å². The molecule has 0 heterocycles. The molecular weight excluding hydrogens is 384 g/mol. The maximum Gasteiger partial charge on any atom is 0.397 e. The number of hydrogen-bond acceptors (Lipinski definition) is 3. The van der Waals surface area contributed by atoms with E-state index in [-0.39, 0.29) is 6.61 Å². The molecule has 0 aliphatic heterocycles. The predicted octanol–water partition coefficient (Wildman–Crippen LogP) is 6.27. The van der Waals surface area contributed by atoms with E-state index >= 15 is 0 Å². The molecule has 1 N–H and O–H groups in total. The molecule has 168 valence electrons. The Kier molecular flexibility index (Phi) is 6.16. The minimum atomic E-state index is -4.30. The molecule has 4 aliphatic rings. The molecule has 0 unspecified atom stereocenters. The molecule has 4 saturated carbocycles. The highest BCUT2D eigenvalue weighted by Gasteiger charge is 2.59. The Morgan fingerprint density at radius 2 is 1.72 bits per heavy atom. The third-order valence-electron chi connectivity index (χ3n) is 10.4. The Balaban J connectivity index is 1.41. The van der Waals surface area contributed by atoms with Crippen LogP contribution in [0.4, 0.5) is 0 Å². The largest absolute Gasteiger partial charge is 0.397 e. The van der Waals surface area contributed by atoms with Crippen molar-refractivity contribution < 1.29 is 17.2 Å². The third kappa shape index (κ3) is 4.05. The van der Waals surface area contributed by atoms with Crippen LogP contribution in [0.3, 0.4) is 0 Å². The first-order valence-corrected chi connectivity index (χ1v) is 13.6. The molecule has 4 fully saturated rings. The second kappa shape index (κ2) is 8.09. The Hall–Kier alpha value is -0.130. The average molecular weight is 427 g/mol. The maximum atomic E-state index is 10.8. The zero-order valence-corrected chi connectivity index (χ0v) is 19.6. The number of rotatable bonds is 6. The van der Waals surface area contributed by atoms with Gasteiger partial charge in [0.05, 0.1) is 6.61 Å². The molecule has 4 nitrogen and oxygen atoms in total. The van der Waals surface area contributed by atoms with E-state index in [0.29, 0.717) is 23.2 Å². The van der Waals surface area contributed by atoms with E-state index < -0.39 is 10.4 Å². The highest BCUT2D eigenvalue weighted by atomic mass is 32.3. The molecule has 4 rings (SSSR count). The van der Waals surface area contributed by atoms with Gasteiger partial charge in [0.15, 0.2) is 0 Å². The number of fused-ring (bicyclic) bond motifs is 5. The van der Waals surface area contributed by atoms with E-state index in [0.717, 1.165) is 36.0 Å². The van der Waals surface area contributed by atoms with Crippen molar-refractivity contribution in [2.45, 2.75) is 97.8 Å². The first kappa shape index (κ1) is 22.1. The van der Waals surface area contributed by atoms with Gasteiger partial charge in [0.25, 0.3) is 0 Å². The standard InChI is InChI=1S/C24H42O4S/c1-17(7-6-16-28-29(25,26)27)20-11-12-21-19-10-9-18-8-4-5-14-23(18,2)22(19)13-15-24(20,21)3/h17-22H,4-16H2,1-3H3,(H,25,26,27)/t17-,18-,19+,20-,21+,22+,23+,24-/m1/s1. The lowest BCUT2D eigenvalue weighted by Gasteiger charge is -2.61. The second-order valence-corrected chi connectivity index (χ2v) is 12.6. The van der Waals surface area contributed by atoms with Crippen LogP contribution in [0, 0.1) is 46.3 Å². The molecule has 0 spiro atoms. The quantitative estimate of drug-likeness (QED) is 0.401. The van der Waals surface area contributed by atoms with Crippen molar-refractivity contribution in [2.24, 2.45) is 46.3 Å². The minimum absolute atomic E-state index is 0.0977. The lowest BCUT2D eigenvalue weighted by atomic mass is 9.44. The molecule has 29 heavy (non-hydrogen) atoms. The van der Waals surface area contributed by atoms with Crippen molar-refractivity contribution in [3.05, 3.63) is 0 Å². The molecule has 8 atom stereocenters. The van der Waals surface area contributed by atoms with Crippen molar-refractivity contribution in [3.63, 3.8) is 0 Å². The molecule has 5 heteroatoms. The summed E-state index contributed by atoms with van der Waals surface area (Å²) < 4.78 is 34.8. The van der Waals surface area contributed by atoms with E-state index in [4.69, 9.17) is 4.55 Å². The fourth-order valence-electron chi connectivity index (χ4n) is 9.04. The summed E-state index contributed by atoms with van der Waals surface area (Å²) in [6.07, 6.45) is 16.0. The van der Waals surface area contributed by atoms with Crippen molar-refractivity contribution in [2.75, 3.05) is 6.61 Å². The van der Waals surface area contributed by atoms with Crippen LogP contribution in [0.25, 0.3) is 0 Å². The highest BCUT2D eigenvalue weighted by molar-refractivity contribution is 7.80. The minimum Gasteiger partial charge on any atom is -0.264 e. The fraction of sp³-hybridized carbons (Fsp3) is 1.00. The van der Waals surface area contributed by atoms with E-state index in [1.807, 2.05) is 0 Å². The van der Waals surface area contributed by atoms with Gasteiger partial charge in [-0.15, -0.1) is 0 Å². The predicted molar refractivity (Wildman–Crippen MR) is 116 cm³/mol. The van der Waals surface area contributed by atoms with Gasteiger partial charge >= 0.3 is 10.4 Å². The van der Waals surface area contributed by atoms with Crippen LogP contribution in [-0.4, -0.2) is 19.6 Å². The summed E-state index contributed by atoms with van der Waals surface area (Å²) in [6, 6.07) is 0. The molecule has 0 radical (unpaired) electrons. The van der Waals surface area contributed by atoms with Gasteiger partial charge in [-0.2, -0.15) is 8.42 Å². The normalized spacial score (nSPS) is 45.9. The van der Waals surface area contributed by atoms with Crippen LogP contribution in [0.1, 0.15) is 97.8 Å². The van der Waals surface area contributed by atoms with Crippen molar-refractivity contribution in [1.82, 2.24) is 0 Å². The van der Waals surface area contributed by atoms with E-state index in [9.17, 15) is 8.42 Å². The summed E-state index contributed by atoms with van der Waals surface area (Å²) in [5, 5.41) is 0. The van der Waals surface area contributed by atoms with E-state index in [1.54, 1.807) is 0 Å². The molecule has 0 aromatic rings.